The van der Waals surface area contributed by atoms with Gasteiger partial charge in [-0.15, -0.1) is 11.3 Å². The van der Waals surface area contributed by atoms with E-state index < -0.39 is 10.5 Å². The van der Waals surface area contributed by atoms with Gasteiger partial charge in [0, 0.05) is 30.0 Å². The smallest absolute Gasteiger partial charge is 0.292 e. The number of nitrogens with one attached hydrogen (secondary N) is 1. The van der Waals surface area contributed by atoms with E-state index in [0.29, 0.717) is 24.3 Å². The first kappa shape index (κ1) is 20.0. The molecule has 0 saturated heterocycles. The molecule has 0 bridgehead atoms. The topological polar surface area (TPSA) is 103 Å². The van der Waals surface area contributed by atoms with Crippen molar-refractivity contribution in [2.24, 2.45) is 0 Å². The monoisotopic (exact) mass is 419 g/mol. The minimum Gasteiger partial charge on any atom is -0.382 e. The van der Waals surface area contributed by atoms with E-state index in [1.807, 2.05) is 0 Å². The molecule has 3 aromatic rings. The van der Waals surface area contributed by atoms with E-state index in [1.54, 1.807) is 11.3 Å². The molecule has 2 heterocycles. The first-order chi connectivity index (χ1) is 13.4. The third-order valence-electron chi connectivity index (χ3n) is 4.15. The molecule has 0 atom stereocenters. The molecule has 0 aliphatic carbocycles. The zero-order valence-corrected chi connectivity index (χ0v) is 16.9. The average Bonchev–Trinajstić information content (AvgIpc) is 3.05. The van der Waals surface area contributed by atoms with Crippen LogP contribution in [0.4, 0.5) is 11.4 Å². The number of nitro groups is 1. The van der Waals surface area contributed by atoms with Gasteiger partial charge in [-0.3, -0.25) is 14.9 Å². The van der Waals surface area contributed by atoms with Gasteiger partial charge in [0.2, 0.25) is 0 Å². The van der Waals surface area contributed by atoms with Crippen molar-refractivity contribution in [3.63, 3.8) is 0 Å². The van der Waals surface area contributed by atoms with Crippen LogP contribution in [0.3, 0.4) is 0 Å². The summed E-state index contributed by atoms with van der Waals surface area (Å²) in [4.78, 5) is 28.6. The molecule has 1 N–H and O–H groups in total. The highest BCUT2D eigenvalue weighted by Crippen LogP contribution is 2.20. The first-order valence-corrected chi connectivity index (χ1v) is 9.82. The summed E-state index contributed by atoms with van der Waals surface area (Å²) in [6, 6.07) is 5.52. The maximum absolute atomic E-state index is 12.5. The zero-order chi connectivity index (χ0) is 20.3. The Balaban J connectivity index is 1.72. The van der Waals surface area contributed by atoms with Gasteiger partial charge in [-0.1, -0.05) is 18.5 Å². The van der Waals surface area contributed by atoms with Gasteiger partial charge in [-0.25, -0.2) is 4.98 Å². The molecule has 0 aliphatic rings. The van der Waals surface area contributed by atoms with Crippen molar-refractivity contribution in [2.45, 2.75) is 26.7 Å². The van der Waals surface area contributed by atoms with Crippen molar-refractivity contribution >= 4 is 34.3 Å². The molecule has 1 aromatic carbocycles. The molecule has 2 aromatic heterocycles. The van der Waals surface area contributed by atoms with Crippen molar-refractivity contribution in [1.82, 2.24) is 14.8 Å². The van der Waals surface area contributed by atoms with Crippen molar-refractivity contribution in [3.8, 4) is 5.69 Å². The highest BCUT2D eigenvalue weighted by molar-refractivity contribution is 7.11. The molecule has 0 spiro atoms. The quantitative estimate of drug-likeness (QED) is 0.461. The molecule has 146 valence electrons. The van der Waals surface area contributed by atoms with Crippen molar-refractivity contribution in [3.05, 3.63) is 71.5 Å². The van der Waals surface area contributed by atoms with Gasteiger partial charge in [0.1, 0.15) is 5.02 Å². The lowest BCUT2D eigenvalue weighted by Gasteiger charge is -2.09. The third-order valence-corrected chi connectivity index (χ3v) is 5.59. The van der Waals surface area contributed by atoms with Crippen LogP contribution in [0.25, 0.3) is 5.69 Å². The van der Waals surface area contributed by atoms with Crippen LogP contribution >= 0.6 is 22.9 Å². The molecule has 28 heavy (non-hydrogen) atoms. The largest absolute Gasteiger partial charge is 0.382 e. The van der Waals surface area contributed by atoms with E-state index in [9.17, 15) is 14.9 Å². The second-order valence-electron chi connectivity index (χ2n) is 6.00. The summed E-state index contributed by atoms with van der Waals surface area (Å²) in [6.07, 6.45) is 3.09. The number of non-ortho nitro benzene ring substituents is 1. The fourth-order valence-corrected chi connectivity index (χ4v) is 3.90. The lowest BCUT2D eigenvalue weighted by molar-refractivity contribution is -0.384. The highest BCUT2D eigenvalue weighted by atomic mass is 35.5. The maximum atomic E-state index is 12.5. The molecule has 0 aliphatic heterocycles. The Kier molecular flexibility index (Phi) is 6.05. The van der Waals surface area contributed by atoms with E-state index in [1.165, 1.54) is 35.3 Å². The standard InChI is InChI=1S/C18H18ClN5O3S/c1-3-14-11(2)28-16(22-14)8-9-20-15-10-21-23(18(25)17(15)19)12-4-6-13(7-5-12)24(26)27/h4-7,10,20H,3,8-9H2,1-2H3. The Morgan fingerprint density at radius 3 is 2.64 bits per heavy atom. The lowest BCUT2D eigenvalue weighted by atomic mass is 10.3. The van der Waals surface area contributed by atoms with Crippen LogP contribution in [0.5, 0.6) is 0 Å². The van der Waals surface area contributed by atoms with E-state index in [2.05, 4.69) is 29.2 Å². The number of nitro benzene ring substituents is 1. The molecule has 0 radical (unpaired) electrons. The predicted octanol–water partition coefficient (Wildman–Crippen LogP) is 3.78. The molecular weight excluding hydrogens is 402 g/mol. The summed E-state index contributed by atoms with van der Waals surface area (Å²) < 4.78 is 1.11. The van der Waals surface area contributed by atoms with Gasteiger partial charge >= 0.3 is 0 Å². The molecule has 0 saturated carbocycles. The summed E-state index contributed by atoms with van der Waals surface area (Å²) >= 11 is 7.88. The number of halogens is 1. The molecule has 8 nitrogen and oxygen atoms in total. The number of thiazole rings is 1. The second kappa shape index (κ2) is 8.49. The molecule has 3 rings (SSSR count). The summed E-state index contributed by atoms with van der Waals surface area (Å²) in [6.45, 7) is 4.71. The fourth-order valence-electron chi connectivity index (χ4n) is 2.68. The summed E-state index contributed by atoms with van der Waals surface area (Å²) in [5.41, 5.74) is 1.39. The SMILES string of the molecule is CCc1nc(CCNc2cnn(-c3ccc([N+](=O)[O-])cc3)c(=O)c2Cl)sc1C. The predicted molar refractivity (Wildman–Crippen MR) is 110 cm³/mol. The number of aryl methyl sites for hydroxylation is 2. The maximum Gasteiger partial charge on any atom is 0.292 e. The van der Waals surface area contributed by atoms with Crippen LogP contribution in [-0.2, 0) is 12.8 Å². The Morgan fingerprint density at radius 2 is 2.04 bits per heavy atom. The van der Waals surface area contributed by atoms with Crippen LogP contribution in [0.15, 0.2) is 35.3 Å². The minimum atomic E-state index is -0.507. The van der Waals surface area contributed by atoms with E-state index in [4.69, 9.17) is 11.6 Å². The van der Waals surface area contributed by atoms with E-state index in [-0.39, 0.29) is 10.7 Å². The van der Waals surface area contributed by atoms with Crippen LogP contribution in [0.1, 0.15) is 22.5 Å². The number of hydrogen-bond donors (Lipinski definition) is 1. The van der Waals surface area contributed by atoms with Crippen molar-refractivity contribution in [2.75, 3.05) is 11.9 Å². The lowest BCUT2D eigenvalue weighted by Crippen LogP contribution is -2.23. The van der Waals surface area contributed by atoms with Gasteiger partial charge in [-0.05, 0) is 25.5 Å². The summed E-state index contributed by atoms with van der Waals surface area (Å²) in [5.74, 6) is 0. The number of anilines is 1. The van der Waals surface area contributed by atoms with Gasteiger partial charge in [-0.2, -0.15) is 9.78 Å². The second-order valence-corrected chi connectivity index (χ2v) is 7.67. The fraction of sp³-hybridized carbons (Fsp3) is 0.278. The molecule has 0 amide bonds. The highest BCUT2D eigenvalue weighted by Gasteiger charge is 2.12. The average molecular weight is 420 g/mol. The normalized spacial score (nSPS) is 10.8. The number of nitrogens with zero attached hydrogens (tertiary/aromatic N) is 4. The Morgan fingerprint density at radius 1 is 1.32 bits per heavy atom. The molecule has 0 fully saturated rings. The number of hydrogen-bond acceptors (Lipinski definition) is 7. The Hall–Kier alpha value is -2.78. The molecule has 0 unspecified atom stereocenters. The van der Waals surface area contributed by atoms with Crippen molar-refractivity contribution < 1.29 is 4.92 Å². The van der Waals surface area contributed by atoms with Gasteiger partial charge in [0.05, 0.1) is 33.2 Å². The molecular formula is C18H18ClN5O3S. The minimum absolute atomic E-state index is 0.0120. The first-order valence-electron chi connectivity index (χ1n) is 8.62. The van der Waals surface area contributed by atoms with Gasteiger partial charge < -0.3 is 5.32 Å². The Labute approximate surface area is 170 Å². The number of benzene rings is 1. The van der Waals surface area contributed by atoms with E-state index in [0.717, 1.165) is 21.8 Å². The molecule has 10 heteroatoms. The summed E-state index contributed by atoms with van der Waals surface area (Å²) in [7, 11) is 0. The van der Waals surface area contributed by atoms with Crippen LogP contribution in [0.2, 0.25) is 5.02 Å². The Bertz CT molecular complexity index is 1060. The van der Waals surface area contributed by atoms with Crippen LogP contribution in [-0.4, -0.2) is 26.2 Å². The van der Waals surface area contributed by atoms with Crippen LogP contribution < -0.4 is 10.9 Å². The van der Waals surface area contributed by atoms with Gasteiger partial charge in [0.25, 0.3) is 11.2 Å². The number of rotatable bonds is 7. The number of aromatic nitrogens is 3. The van der Waals surface area contributed by atoms with Gasteiger partial charge in [0.15, 0.2) is 0 Å². The van der Waals surface area contributed by atoms with Crippen molar-refractivity contribution in [1.29, 1.82) is 0 Å². The third kappa shape index (κ3) is 4.20. The summed E-state index contributed by atoms with van der Waals surface area (Å²) in [5, 5.41) is 19.0. The van der Waals surface area contributed by atoms with E-state index >= 15 is 0 Å². The van der Waals surface area contributed by atoms with Crippen LogP contribution in [0, 0.1) is 17.0 Å². The zero-order valence-electron chi connectivity index (χ0n) is 15.3.